The predicted octanol–water partition coefficient (Wildman–Crippen LogP) is 3.10. The van der Waals surface area contributed by atoms with Crippen molar-refractivity contribution in [1.29, 1.82) is 0 Å². The molecule has 1 atom stereocenters. The van der Waals surface area contributed by atoms with E-state index in [1.165, 1.54) is 18.4 Å². The number of rotatable bonds is 5. The fourth-order valence-corrected chi connectivity index (χ4v) is 4.17. The van der Waals surface area contributed by atoms with Gasteiger partial charge in [-0.2, -0.15) is 0 Å². The third-order valence-electron chi connectivity index (χ3n) is 2.91. The van der Waals surface area contributed by atoms with Crippen LogP contribution in [0.1, 0.15) is 23.4 Å². The van der Waals surface area contributed by atoms with E-state index in [0.29, 0.717) is 5.75 Å². The third kappa shape index (κ3) is 3.20. The van der Waals surface area contributed by atoms with Crippen molar-refractivity contribution in [2.24, 2.45) is 0 Å². The second kappa shape index (κ2) is 5.95. The Morgan fingerprint density at radius 3 is 2.65 bits per heavy atom. The van der Waals surface area contributed by atoms with E-state index in [-0.39, 0.29) is 10.9 Å². The molecule has 108 valence electrons. The zero-order valence-electron chi connectivity index (χ0n) is 11.6. The Bertz CT molecular complexity index is 678. The van der Waals surface area contributed by atoms with Crippen LogP contribution in [0, 0.1) is 6.92 Å². The first-order chi connectivity index (χ1) is 9.44. The van der Waals surface area contributed by atoms with Crippen LogP contribution < -0.4 is 9.46 Å². The number of hydrogen-bond acceptors (Lipinski definition) is 4. The Morgan fingerprint density at radius 2 is 2.05 bits per heavy atom. The smallest absolute Gasteiger partial charge is 0.244 e. The van der Waals surface area contributed by atoms with Gasteiger partial charge in [-0.05, 0) is 43.0 Å². The second-order valence-electron chi connectivity index (χ2n) is 4.51. The average molecular weight is 311 g/mol. The van der Waals surface area contributed by atoms with Crippen LogP contribution >= 0.6 is 11.3 Å². The Balaban J connectivity index is 2.33. The van der Waals surface area contributed by atoms with Crippen molar-refractivity contribution in [2.75, 3.05) is 7.11 Å². The van der Waals surface area contributed by atoms with Gasteiger partial charge in [-0.25, -0.2) is 13.1 Å². The third-order valence-corrected chi connectivity index (χ3v) is 5.53. The van der Waals surface area contributed by atoms with Gasteiger partial charge >= 0.3 is 0 Å². The normalized spacial score (nSPS) is 13.2. The molecule has 1 aromatic carbocycles. The molecular weight excluding hydrogens is 294 g/mol. The van der Waals surface area contributed by atoms with Crippen LogP contribution in [0.4, 0.5) is 0 Å². The first-order valence-electron chi connectivity index (χ1n) is 6.14. The number of methoxy groups -OCH3 is 1. The lowest BCUT2D eigenvalue weighted by Gasteiger charge is -2.15. The number of aryl methyl sites for hydroxylation is 1. The van der Waals surface area contributed by atoms with Crippen molar-refractivity contribution < 1.29 is 13.2 Å². The van der Waals surface area contributed by atoms with Crippen molar-refractivity contribution in [1.82, 2.24) is 4.72 Å². The number of sulfonamides is 1. The summed E-state index contributed by atoms with van der Waals surface area (Å²) in [7, 11) is -2.15. The molecule has 20 heavy (non-hydrogen) atoms. The summed E-state index contributed by atoms with van der Waals surface area (Å²) in [6, 6.07) is 8.64. The van der Waals surface area contributed by atoms with Gasteiger partial charge in [0.15, 0.2) is 0 Å². The van der Waals surface area contributed by atoms with Gasteiger partial charge in [-0.15, -0.1) is 11.3 Å². The molecule has 0 saturated heterocycles. The number of benzene rings is 1. The summed E-state index contributed by atoms with van der Waals surface area (Å²) < 4.78 is 32.8. The molecule has 1 aromatic heterocycles. The van der Waals surface area contributed by atoms with Gasteiger partial charge in [0.25, 0.3) is 0 Å². The van der Waals surface area contributed by atoms with Crippen LogP contribution in [0.25, 0.3) is 0 Å². The van der Waals surface area contributed by atoms with Crippen molar-refractivity contribution in [3.8, 4) is 5.75 Å². The molecule has 0 saturated carbocycles. The lowest BCUT2D eigenvalue weighted by molar-refractivity contribution is 0.402. The average Bonchev–Trinajstić information content (AvgIpc) is 2.92. The maximum atomic E-state index is 12.5. The van der Waals surface area contributed by atoms with Gasteiger partial charge in [-0.1, -0.05) is 12.1 Å². The SMILES string of the molecule is COc1ccc(C)cc1S(=O)(=O)N[C@H](C)c1cccs1. The lowest BCUT2D eigenvalue weighted by atomic mass is 10.2. The summed E-state index contributed by atoms with van der Waals surface area (Å²) >= 11 is 1.52. The zero-order chi connectivity index (χ0) is 14.8. The summed E-state index contributed by atoms with van der Waals surface area (Å²) in [6.45, 7) is 3.67. The van der Waals surface area contributed by atoms with Crippen LogP contribution in [-0.4, -0.2) is 15.5 Å². The monoisotopic (exact) mass is 311 g/mol. The van der Waals surface area contributed by atoms with Gasteiger partial charge in [0, 0.05) is 4.88 Å². The van der Waals surface area contributed by atoms with E-state index in [4.69, 9.17) is 4.74 Å². The molecule has 0 aliphatic heterocycles. The molecule has 0 aliphatic rings. The highest BCUT2D eigenvalue weighted by Gasteiger charge is 2.22. The van der Waals surface area contributed by atoms with Crippen LogP contribution in [0.15, 0.2) is 40.6 Å². The molecule has 1 heterocycles. The highest BCUT2D eigenvalue weighted by atomic mass is 32.2. The molecule has 6 heteroatoms. The fourth-order valence-electron chi connectivity index (χ4n) is 1.89. The molecule has 1 N–H and O–H groups in total. The largest absolute Gasteiger partial charge is 0.495 e. The van der Waals surface area contributed by atoms with Gasteiger partial charge in [0.2, 0.25) is 10.0 Å². The standard InChI is InChI=1S/C14H17NO3S2/c1-10-6-7-12(18-3)14(9-10)20(16,17)15-11(2)13-5-4-8-19-13/h4-9,11,15H,1-3H3/t11-/m1/s1. The summed E-state index contributed by atoms with van der Waals surface area (Å²) in [5.41, 5.74) is 0.870. The minimum Gasteiger partial charge on any atom is -0.495 e. The highest BCUT2D eigenvalue weighted by Crippen LogP contribution is 2.27. The topological polar surface area (TPSA) is 55.4 Å². The van der Waals surface area contributed by atoms with E-state index >= 15 is 0 Å². The molecule has 0 radical (unpaired) electrons. The van der Waals surface area contributed by atoms with E-state index in [1.807, 2.05) is 37.4 Å². The van der Waals surface area contributed by atoms with Gasteiger partial charge in [-0.3, -0.25) is 0 Å². The summed E-state index contributed by atoms with van der Waals surface area (Å²) in [5, 5.41) is 1.92. The van der Waals surface area contributed by atoms with Crippen LogP contribution in [0.5, 0.6) is 5.75 Å². The number of thiophene rings is 1. The first kappa shape index (κ1) is 15.0. The van der Waals surface area contributed by atoms with Crippen LogP contribution in [0.3, 0.4) is 0 Å². The van der Waals surface area contributed by atoms with E-state index in [2.05, 4.69) is 4.72 Å². The maximum Gasteiger partial charge on any atom is 0.244 e. The highest BCUT2D eigenvalue weighted by molar-refractivity contribution is 7.89. The van der Waals surface area contributed by atoms with Gasteiger partial charge < -0.3 is 4.74 Å². The maximum absolute atomic E-state index is 12.5. The predicted molar refractivity (Wildman–Crippen MR) is 80.8 cm³/mol. The summed E-state index contributed by atoms with van der Waals surface area (Å²) in [4.78, 5) is 1.14. The summed E-state index contributed by atoms with van der Waals surface area (Å²) in [5.74, 6) is 0.349. The minimum atomic E-state index is -3.62. The van der Waals surface area contributed by atoms with Gasteiger partial charge in [0.05, 0.1) is 13.2 Å². The molecule has 2 aromatic rings. The molecule has 0 unspecified atom stereocenters. The van der Waals surface area contributed by atoms with Crippen molar-refractivity contribution in [3.05, 3.63) is 46.2 Å². The number of ether oxygens (including phenoxy) is 1. The molecule has 0 spiro atoms. The van der Waals surface area contributed by atoms with Crippen molar-refractivity contribution in [2.45, 2.75) is 24.8 Å². The lowest BCUT2D eigenvalue weighted by Crippen LogP contribution is -2.26. The molecule has 0 aliphatic carbocycles. The van der Waals surface area contributed by atoms with E-state index < -0.39 is 10.0 Å². The van der Waals surface area contributed by atoms with E-state index in [0.717, 1.165) is 10.4 Å². The minimum absolute atomic E-state index is 0.170. The second-order valence-corrected chi connectivity index (χ2v) is 7.17. The first-order valence-corrected chi connectivity index (χ1v) is 8.50. The number of nitrogens with one attached hydrogen (secondary N) is 1. The zero-order valence-corrected chi connectivity index (χ0v) is 13.2. The van der Waals surface area contributed by atoms with E-state index in [1.54, 1.807) is 12.1 Å². The van der Waals surface area contributed by atoms with Crippen molar-refractivity contribution >= 4 is 21.4 Å². The van der Waals surface area contributed by atoms with Gasteiger partial charge in [0.1, 0.15) is 10.6 Å². The molecule has 0 fully saturated rings. The molecule has 0 bridgehead atoms. The molecule has 0 amide bonds. The molecule has 4 nitrogen and oxygen atoms in total. The van der Waals surface area contributed by atoms with Crippen LogP contribution in [-0.2, 0) is 10.0 Å². The van der Waals surface area contributed by atoms with Crippen LogP contribution in [0.2, 0.25) is 0 Å². The Hall–Kier alpha value is -1.37. The molecular formula is C14H17NO3S2. The number of hydrogen-bond donors (Lipinski definition) is 1. The Labute approximate surface area is 123 Å². The Morgan fingerprint density at radius 1 is 1.30 bits per heavy atom. The summed E-state index contributed by atoms with van der Waals surface area (Å²) in [6.07, 6.45) is 0. The van der Waals surface area contributed by atoms with E-state index in [9.17, 15) is 8.42 Å². The Kier molecular flexibility index (Phi) is 4.47. The van der Waals surface area contributed by atoms with Crippen molar-refractivity contribution in [3.63, 3.8) is 0 Å². The fraction of sp³-hybridized carbons (Fsp3) is 0.286. The quantitative estimate of drug-likeness (QED) is 0.923. The molecule has 2 rings (SSSR count).